The number of amides is 2. The summed E-state index contributed by atoms with van der Waals surface area (Å²) in [5.41, 5.74) is -0.510. The molecule has 2 aromatic rings. The number of ether oxygens (including phenoxy) is 2. The van der Waals surface area contributed by atoms with Crippen LogP contribution in [0.2, 0.25) is 0 Å². The van der Waals surface area contributed by atoms with Crippen molar-refractivity contribution >= 4 is 34.9 Å². The van der Waals surface area contributed by atoms with Crippen LogP contribution >= 0.6 is 11.3 Å². The van der Waals surface area contributed by atoms with Crippen molar-refractivity contribution in [3.05, 3.63) is 51.7 Å². The molecule has 2 amide bonds. The second-order valence-electron chi connectivity index (χ2n) is 7.87. The smallest absolute Gasteiger partial charge is 0.387 e. The molecule has 0 fully saturated rings. The third-order valence-electron chi connectivity index (χ3n) is 4.12. The maximum atomic E-state index is 12.3. The summed E-state index contributed by atoms with van der Waals surface area (Å²) < 4.78 is 33.6. The molecule has 11 heteroatoms. The number of ketones is 1. The van der Waals surface area contributed by atoms with E-state index >= 15 is 0 Å². The molecule has 8 nitrogen and oxygen atoms in total. The molecular weight excluding hydrogens is 458 g/mol. The summed E-state index contributed by atoms with van der Waals surface area (Å²) in [6, 6.07) is 8.37. The molecule has 0 bridgehead atoms. The molecule has 0 saturated carbocycles. The molecule has 1 heterocycles. The Hall–Kier alpha value is -3.34. The zero-order chi connectivity index (χ0) is 24.6. The third kappa shape index (κ3) is 8.60. The Morgan fingerprint density at radius 2 is 1.79 bits per heavy atom. The summed E-state index contributed by atoms with van der Waals surface area (Å²) in [5.74, 6) is -2.28. The van der Waals surface area contributed by atoms with Crippen LogP contribution in [0.25, 0.3) is 0 Å². The lowest BCUT2D eigenvalue weighted by molar-refractivity contribution is -0.141. The molecule has 0 atom stereocenters. The fraction of sp³-hybridized carbons (Fsp3) is 0.364. The minimum atomic E-state index is -3.03. The van der Waals surface area contributed by atoms with Crippen LogP contribution in [0.1, 0.15) is 45.7 Å². The summed E-state index contributed by atoms with van der Waals surface area (Å²) in [4.78, 5) is 49.2. The summed E-state index contributed by atoms with van der Waals surface area (Å²) in [7, 11) is 0. The predicted molar refractivity (Wildman–Crippen MR) is 116 cm³/mol. The molecule has 2 rings (SSSR count). The van der Waals surface area contributed by atoms with Gasteiger partial charge < -0.3 is 20.1 Å². The van der Waals surface area contributed by atoms with Gasteiger partial charge in [0.2, 0.25) is 11.7 Å². The van der Waals surface area contributed by atoms with Gasteiger partial charge in [0.1, 0.15) is 12.3 Å². The number of thiophene rings is 1. The summed E-state index contributed by atoms with van der Waals surface area (Å²) >= 11 is 1.18. The van der Waals surface area contributed by atoms with Crippen molar-refractivity contribution in [2.24, 2.45) is 5.41 Å². The van der Waals surface area contributed by atoms with E-state index in [1.54, 1.807) is 32.9 Å². The Morgan fingerprint density at radius 1 is 1.06 bits per heavy atom. The van der Waals surface area contributed by atoms with Crippen molar-refractivity contribution in [3.8, 4) is 5.75 Å². The van der Waals surface area contributed by atoms with Crippen LogP contribution in [0.4, 0.5) is 8.78 Å². The second-order valence-corrected chi connectivity index (χ2v) is 9.04. The van der Waals surface area contributed by atoms with Crippen LogP contribution in [0.5, 0.6) is 5.75 Å². The standard InChI is InChI=1S/C22H24F2N2O6S/c1-22(2,3)20(30)26-10-15-7-8-17(33-15)16(27)12-31-18(28)11-25-19(29)13-5-4-6-14(9-13)32-21(23)24/h4-9,21H,10-12H2,1-3H3,(H,25,29)(H,26,30). The van der Waals surface area contributed by atoms with Gasteiger partial charge in [-0.15, -0.1) is 11.3 Å². The number of hydrogen-bond acceptors (Lipinski definition) is 7. The highest BCUT2D eigenvalue weighted by atomic mass is 32.1. The molecule has 0 radical (unpaired) electrons. The molecule has 2 N–H and O–H groups in total. The first kappa shape index (κ1) is 25.9. The van der Waals surface area contributed by atoms with Crippen molar-refractivity contribution in [2.75, 3.05) is 13.2 Å². The molecule has 178 valence electrons. The Kier molecular flexibility index (Phi) is 9.03. The van der Waals surface area contributed by atoms with Gasteiger partial charge in [0, 0.05) is 15.9 Å². The molecule has 0 aliphatic carbocycles. The van der Waals surface area contributed by atoms with E-state index in [4.69, 9.17) is 4.74 Å². The van der Waals surface area contributed by atoms with E-state index in [1.165, 1.54) is 29.5 Å². The van der Waals surface area contributed by atoms with E-state index < -0.39 is 42.8 Å². The summed E-state index contributed by atoms with van der Waals surface area (Å²) in [6.07, 6.45) is 0. The average molecular weight is 483 g/mol. The van der Waals surface area contributed by atoms with Gasteiger partial charge in [0.05, 0.1) is 11.4 Å². The number of hydrogen-bond donors (Lipinski definition) is 2. The van der Waals surface area contributed by atoms with Crippen molar-refractivity contribution in [2.45, 2.75) is 33.9 Å². The van der Waals surface area contributed by atoms with Crippen LogP contribution in [0.15, 0.2) is 36.4 Å². The van der Waals surface area contributed by atoms with Crippen molar-refractivity contribution in [1.29, 1.82) is 0 Å². The van der Waals surface area contributed by atoms with Crippen LogP contribution in [-0.2, 0) is 20.9 Å². The minimum Gasteiger partial charge on any atom is -0.456 e. The number of esters is 1. The molecular formula is C22H24F2N2O6S. The van der Waals surface area contributed by atoms with Crippen molar-refractivity contribution in [1.82, 2.24) is 10.6 Å². The van der Waals surface area contributed by atoms with Gasteiger partial charge in [-0.05, 0) is 30.3 Å². The number of rotatable bonds is 10. The Balaban J connectivity index is 1.77. The Morgan fingerprint density at radius 3 is 2.45 bits per heavy atom. The summed E-state index contributed by atoms with van der Waals surface area (Å²) in [5, 5.41) is 5.07. The van der Waals surface area contributed by atoms with Gasteiger partial charge in [-0.25, -0.2) is 0 Å². The van der Waals surface area contributed by atoms with Crippen LogP contribution in [-0.4, -0.2) is 43.3 Å². The van der Waals surface area contributed by atoms with Gasteiger partial charge in [0.15, 0.2) is 6.61 Å². The second kappa shape index (κ2) is 11.5. The Bertz CT molecular complexity index is 1020. The SMILES string of the molecule is CC(C)(C)C(=O)NCc1ccc(C(=O)COC(=O)CNC(=O)c2cccc(OC(F)F)c2)s1. The number of carbonyl (C=O) groups excluding carboxylic acids is 4. The van der Waals surface area contributed by atoms with Gasteiger partial charge >= 0.3 is 12.6 Å². The molecule has 33 heavy (non-hydrogen) atoms. The van der Waals surface area contributed by atoms with Crippen molar-refractivity contribution < 1.29 is 37.4 Å². The Labute approximate surface area is 193 Å². The quantitative estimate of drug-likeness (QED) is 0.398. The fourth-order valence-corrected chi connectivity index (χ4v) is 3.26. The van der Waals surface area contributed by atoms with Crippen molar-refractivity contribution in [3.63, 3.8) is 0 Å². The molecule has 0 unspecified atom stereocenters. The van der Waals surface area contributed by atoms with E-state index in [0.717, 1.165) is 10.9 Å². The number of alkyl halides is 2. The van der Waals surface area contributed by atoms with E-state index in [1.807, 2.05) is 0 Å². The van der Waals surface area contributed by atoms with Gasteiger partial charge in [-0.1, -0.05) is 26.8 Å². The monoisotopic (exact) mass is 482 g/mol. The lowest BCUT2D eigenvalue weighted by Crippen LogP contribution is -2.34. The average Bonchev–Trinajstić information content (AvgIpc) is 3.22. The predicted octanol–water partition coefficient (Wildman–Crippen LogP) is 3.17. The maximum Gasteiger partial charge on any atom is 0.387 e. The number of Topliss-reactive ketones (excluding diaryl/α,β-unsaturated/α-hetero) is 1. The van der Waals surface area contributed by atoms with Gasteiger partial charge in [0.25, 0.3) is 5.91 Å². The van der Waals surface area contributed by atoms with E-state index in [9.17, 15) is 28.0 Å². The van der Waals surface area contributed by atoms with Crippen LogP contribution in [0, 0.1) is 5.41 Å². The highest BCUT2D eigenvalue weighted by Crippen LogP contribution is 2.19. The largest absolute Gasteiger partial charge is 0.456 e. The number of nitrogens with one attached hydrogen (secondary N) is 2. The lowest BCUT2D eigenvalue weighted by atomic mass is 9.96. The first-order valence-electron chi connectivity index (χ1n) is 9.84. The molecule has 0 saturated heterocycles. The van der Waals surface area contributed by atoms with E-state index in [2.05, 4.69) is 15.4 Å². The molecule has 1 aromatic heterocycles. The van der Waals surface area contributed by atoms with E-state index in [0.29, 0.717) is 4.88 Å². The third-order valence-corrected chi connectivity index (χ3v) is 5.25. The normalized spacial score (nSPS) is 11.1. The van der Waals surface area contributed by atoms with Gasteiger partial charge in [-0.3, -0.25) is 19.2 Å². The number of halogens is 2. The maximum absolute atomic E-state index is 12.3. The van der Waals surface area contributed by atoms with E-state index in [-0.39, 0.29) is 23.8 Å². The minimum absolute atomic E-state index is 0.0155. The first-order valence-corrected chi connectivity index (χ1v) is 10.7. The topological polar surface area (TPSA) is 111 Å². The molecule has 0 spiro atoms. The lowest BCUT2D eigenvalue weighted by Gasteiger charge is -2.17. The molecule has 0 aliphatic heterocycles. The highest BCUT2D eigenvalue weighted by Gasteiger charge is 2.21. The van der Waals surface area contributed by atoms with Gasteiger partial charge in [-0.2, -0.15) is 8.78 Å². The summed E-state index contributed by atoms with van der Waals surface area (Å²) in [6.45, 7) is 1.60. The number of carbonyl (C=O) groups is 4. The molecule has 1 aromatic carbocycles. The number of benzene rings is 1. The zero-order valence-corrected chi connectivity index (χ0v) is 19.1. The van der Waals surface area contributed by atoms with Crippen LogP contribution < -0.4 is 15.4 Å². The first-order chi connectivity index (χ1) is 15.5. The highest BCUT2D eigenvalue weighted by molar-refractivity contribution is 7.14. The fourth-order valence-electron chi connectivity index (χ4n) is 2.39. The zero-order valence-electron chi connectivity index (χ0n) is 18.3. The van der Waals surface area contributed by atoms with Crippen LogP contribution in [0.3, 0.4) is 0 Å². The molecule has 0 aliphatic rings.